The molecular weight excluding hydrogens is 620 g/mol. The number of thiazole rings is 1. The van der Waals surface area contributed by atoms with Crippen LogP contribution in [0.25, 0.3) is 6.08 Å². The lowest BCUT2D eigenvalue weighted by molar-refractivity contribution is -0.394. The number of non-ortho nitro benzene ring substituents is 1. The first-order valence-electron chi connectivity index (χ1n) is 13.7. The van der Waals surface area contributed by atoms with E-state index >= 15 is 0 Å². The lowest BCUT2D eigenvalue weighted by Gasteiger charge is -2.26. The summed E-state index contributed by atoms with van der Waals surface area (Å²) in [4.78, 5) is 53.3. The minimum atomic E-state index is -0.921. The second-order valence-corrected chi connectivity index (χ2v) is 10.8. The fourth-order valence-electron chi connectivity index (χ4n) is 4.92. The maximum atomic E-state index is 14.0. The molecule has 0 bridgehead atoms. The van der Waals surface area contributed by atoms with Crippen LogP contribution < -0.4 is 29.1 Å². The van der Waals surface area contributed by atoms with E-state index in [4.69, 9.17) is 18.9 Å². The van der Waals surface area contributed by atoms with Crippen LogP contribution >= 0.6 is 11.3 Å². The van der Waals surface area contributed by atoms with Gasteiger partial charge in [-0.3, -0.25) is 29.6 Å². The summed E-state index contributed by atoms with van der Waals surface area (Å²) < 4.78 is 23.7. The molecule has 1 aliphatic heterocycles. The van der Waals surface area contributed by atoms with Crippen LogP contribution in [-0.2, 0) is 9.53 Å². The van der Waals surface area contributed by atoms with E-state index in [1.165, 1.54) is 18.8 Å². The molecule has 0 amide bonds. The van der Waals surface area contributed by atoms with E-state index in [0.29, 0.717) is 33.1 Å². The van der Waals surface area contributed by atoms with E-state index in [2.05, 4.69) is 4.99 Å². The van der Waals surface area contributed by atoms with Gasteiger partial charge in [0.05, 0.1) is 52.5 Å². The number of carbonyl (C=O) groups is 1. The van der Waals surface area contributed by atoms with Gasteiger partial charge in [-0.25, -0.2) is 9.79 Å². The van der Waals surface area contributed by atoms with Gasteiger partial charge in [0, 0.05) is 17.7 Å². The average molecular weight is 647 g/mol. The third kappa shape index (κ3) is 6.08. The van der Waals surface area contributed by atoms with Crippen molar-refractivity contribution in [3.63, 3.8) is 0 Å². The molecule has 0 saturated heterocycles. The molecule has 46 heavy (non-hydrogen) atoms. The normalized spacial score (nSPS) is 14.3. The van der Waals surface area contributed by atoms with E-state index in [0.717, 1.165) is 29.5 Å². The van der Waals surface area contributed by atoms with Gasteiger partial charge in [-0.05, 0) is 55.8 Å². The molecule has 3 aromatic carbocycles. The zero-order valence-electron chi connectivity index (χ0n) is 24.9. The lowest BCUT2D eigenvalue weighted by Crippen LogP contribution is -2.40. The number of ether oxygens (including phenoxy) is 4. The highest BCUT2D eigenvalue weighted by Gasteiger charge is 2.35. The number of allylic oxidation sites excluding steroid dienone is 1. The Kier molecular flexibility index (Phi) is 8.95. The first-order valence-corrected chi connectivity index (χ1v) is 14.5. The third-order valence-electron chi connectivity index (χ3n) is 6.99. The van der Waals surface area contributed by atoms with Gasteiger partial charge in [0.25, 0.3) is 11.2 Å². The number of hydrogen-bond acceptors (Lipinski definition) is 12. The van der Waals surface area contributed by atoms with Gasteiger partial charge >= 0.3 is 11.7 Å². The van der Waals surface area contributed by atoms with Crippen molar-refractivity contribution in [1.29, 1.82) is 0 Å². The van der Waals surface area contributed by atoms with Crippen molar-refractivity contribution in [2.45, 2.75) is 19.9 Å². The molecule has 0 fully saturated rings. The fourth-order valence-corrected chi connectivity index (χ4v) is 5.97. The number of nitrogens with zero attached hydrogens (tertiary/aromatic N) is 4. The number of benzene rings is 3. The summed E-state index contributed by atoms with van der Waals surface area (Å²) >= 11 is 1.11. The van der Waals surface area contributed by atoms with Gasteiger partial charge < -0.3 is 18.9 Å². The molecule has 4 aromatic rings. The topological polar surface area (TPSA) is 175 Å². The Morgan fingerprint density at radius 3 is 2.46 bits per heavy atom. The summed E-state index contributed by atoms with van der Waals surface area (Å²) in [5.74, 6) is 0.293. The number of rotatable bonds is 10. The first kappa shape index (κ1) is 31.6. The molecule has 2 heterocycles. The van der Waals surface area contributed by atoms with Gasteiger partial charge in [-0.2, -0.15) is 0 Å². The molecule has 236 valence electrons. The van der Waals surface area contributed by atoms with Crippen LogP contribution in [-0.4, -0.2) is 41.2 Å². The Hall–Kier alpha value is -5.83. The molecule has 0 spiro atoms. The van der Waals surface area contributed by atoms with Crippen LogP contribution in [0.3, 0.4) is 0 Å². The van der Waals surface area contributed by atoms with Crippen LogP contribution in [0.4, 0.5) is 11.4 Å². The Labute approximate surface area is 264 Å². The SMILES string of the molecule is CCOC(=O)C1=C(C)N=c2s/c(=C\c3cccc(Oc4ccc([N+](=O)[O-])cc4[N+](=O)[O-])c3)c(=O)n2[C@@H]1c1ccc(OC)cc1OC. The summed E-state index contributed by atoms with van der Waals surface area (Å²) in [6.45, 7) is 3.47. The number of hydrogen-bond donors (Lipinski definition) is 0. The first-order chi connectivity index (χ1) is 22.1. The predicted octanol–water partition coefficient (Wildman–Crippen LogP) is 4.42. The smallest absolute Gasteiger partial charge is 0.338 e. The monoisotopic (exact) mass is 646 g/mol. The Morgan fingerprint density at radius 1 is 1.00 bits per heavy atom. The van der Waals surface area contributed by atoms with Crippen LogP contribution in [0.15, 0.2) is 81.7 Å². The van der Waals surface area contributed by atoms with Gasteiger partial charge in [-0.1, -0.05) is 23.5 Å². The predicted molar refractivity (Wildman–Crippen MR) is 166 cm³/mol. The minimum absolute atomic E-state index is 0.119. The van der Waals surface area contributed by atoms with Gasteiger partial charge in [0.2, 0.25) is 5.75 Å². The van der Waals surface area contributed by atoms with Crippen molar-refractivity contribution in [2.24, 2.45) is 4.99 Å². The molecule has 0 N–H and O–H groups in total. The standard InChI is InChI=1S/C31H26N4O10S/c1-5-44-30(37)27-17(2)32-31-33(28(27)22-11-10-20(42-3)16-25(22)43-4)29(36)26(46-31)14-18-7-6-8-21(13-18)45-24-12-9-19(34(38)39)15-23(24)35(40)41/h6-16,28H,5H2,1-4H3/b26-14-/t28-/m1/s1. The fraction of sp³-hybridized carbons (Fsp3) is 0.194. The summed E-state index contributed by atoms with van der Waals surface area (Å²) in [5.41, 5.74) is 0.155. The zero-order valence-corrected chi connectivity index (χ0v) is 25.7. The molecule has 0 radical (unpaired) electrons. The molecule has 0 unspecified atom stereocenters. The Morgan fingerprint density at radius 2 is 1.78 bits per heavy atom. The average Bonchev–Trinajstić information content (AvgIpc) is 3.33. The summed E-state index contributed by atoms with van der Waals surface area (Å²) in [5, 5.41) is 22.7. The molecular formula is C31H26N4O10S. The van der Waals surface area contributed by atoms with Gasteiger partial charge in [0.1, 0.15) is 23.3 Å². The molecule has 1 aromatic heterocycles. The number of fused-ring (bicyclic) bond motifs is 1. The quantitative estimate of drug-likeness (QED) is 0.136. The number of esters is 1. The minimum Gasteiger partial charge on any atom is -0.497 e. The van der Waals surface area contributed by atoms with Gasteiger partial charge in [0.15, 0.2) is 4.80 Å². The van der Waals surface area contributed by atoms with E-state index in [1.807, 2.05) is 0 Å². The number of aromatic nitrogens is 1. The molecule has 14 nitrogen and oxygen atoms in total. The largest absolute Gasteiger partial charge is 0.497 e. The van der Waals surface area contributed by atoms with Crippen molar-refractivity contribution in [3.8, 4) is 23.0 Å². The van der Waals surface area contributed by atoms with Crippen LogP contribution in [0.1, 0.15) is 31.0 Å². The highest BCUT2D eigenvalue weighted by molar-refractivity contribution is 7.07. The molecule has 1 atom stereocenters. The van der Waals surface area contributed by atoms with Crippen molar-refractivity contribution in [2.75, 3.05) is 20.8 Å². The van der Waals surface area contributed by atoms with Crippen LogP contribution in [0, 0.1) is 20.2 Å². The van der Waals surface area contributed by atoms with Crippen LogP contribution in [0.5, 0.6) is 23.0 Å². The van der Waals surface area contributed by atoms with Crippen molar-refractivity contribution in [1.82, 2.24) is 4.57 Å². The molecule has 0 aliphatic carbocycles. The molecule has 0 saturated carbocycles. The van der Waals surface area contributed by atoms with Gasteiger partial charge in [-0.15, -0.1) is 0 Å². The zero-order chi connectivity index (χ0) is 33.1. The molecule has 15 heteroatoms. The summed E-state index contributed by atoms with van der Waals surface area (Å²) in [6, 6.07) is 13.7. The Bertz CT molecular complexity index is 2100. The molecule has 1 aliphatic rings. The van der Waals surface area contributed by atoms with E-state index in [-0.39, 0.29) is 28.2 Å². The molecule has 5 rings (SSSR count). The van der Waals surface area contributed by atoms with E-state index in [1.54, 1.807) is 62.4 Å². The summed E-state index contributed by atoms with van der Waals surface area (Å²) in [7, 11) is 2.99. The second-order valence-electron chi connectivity index (χ2n) is 9.75. The highest BCUT2D eigenvalue weighted by atomic mass is 32.1. The van der Waals surface area contributed by atoms with E-state index in [9.17, 15) is 29.8 Å². The Balaban J connectivity index is 1.61. The second kappa shape index (κ2) is 13.0. The number of nitro groups is 2. The van der Waals surface area contributed by atoms with E-state index < -0.39 is 38.8 Å². The highest BCUT2D eigenvalue weighted by Crippen LogP contribution is 2.38. The lowest BCUT2D eigenvalue weighted by atomic mass is 9.95. The van der Waals surface area contributed by atoms with Crippen LogP contribution in [0.2, 0.25) is 0 Å². The number of methoxy groups -OCH3 is 2. The maximum Gasteiger partial charge on any atom is 0.338 e. The van der Waals surface area contributed by atoms with Crippen molar-refractivity contribution >= 4 is 34.8 Å². The third-order valence-corrected chi connectivity index (χ3v) is 7.97. The van der Waals surface area contributed by atoms with Crippen molar-refractivity contribution in [3.05, 3.63) is 123 Å². The van der Waals surface area contributed by atoms with Crippen molar-refractivity contribution < 1.29 is 33.6 Å². The number of nitro benzene ring substituents is 2. The summed E-state index contributed by atoms with van der Waals surface area (Å²) in [6.07, 6.45) is 1.60. The maximum absolute atomic E-state index is 14.0. The number of carbonyl (C=O) groups excluding carboxylic acids is 1.